The van der Waals surface area contributed by atoms with Crippen molar-refractivity contribution in [2.24, 2.45) is 0 Å². The Morgan fingerprint density at radius 1 is 2.11 bits per heavy atom. The first kappa shape index (κ1) is 5.50. The first-order valence-corrected chi connectivity index (χ1v) is 3.52. The molecule has 0 aromatic rings. The van der Waals surface area contributed by atoms with E-state index in [0.717, 1.165) is 12.0 Å². The summed E-state index contributed by atoms with van der Waals surface area (Å²) in [4.78, 5) is 10.6. The van der Waals surface area contributed by atoms with E-state index in [2.05, 4.69) is 0 Å². The molecule has 0 heterocycles. The molecule has 0 N–H and O–H groups in total. The number of rotatable bonds is 2. The lowest BCUT2D eigenvalue weighted by molar-refractivity contribution is -0.114. The van der Waals surface area contributed by atoms with Crippen LogP contribution >= 0.6 is 12.0 Å². The normalized spacial score (nSPS) is 26.9. The largest absolute Gasteiger partial charge is 0.308 e. The van der Waals surface area contributed by atoms with Gasteiger partial charge in [-0.3, -0.25) is 4.79 Å². The molecular weight excluding hydrogens is 136 g/mol. The van der Waals surface area contributed by atoms with Gasteiger partial charge in [0.25, 0.3) is 0 Å². The van der Waals surface area contributed by atoms with Crippen molar-refractivity contribution in [1.82, 2.24) is 0 Å². The van der Waals surface area contributed by atoms with Gasteiger partial charge in [-0.25, -0.2) is 0 Å². The van der Waals surface area contributed by atoms with Gasteiger partial charge in [-0.2, -0.15) is 0 Å². The van der Waals surface area contributed by atoms with E-state index in [1.807, 2.05) is 0 Å². The standard InChI is InChI=1S/C6H8O2S/c1-9-8-6-3-2-5(7)4-6/h2-3,6H,4H2,1H3/t6-/m0/s1/i1T. The zero-order valence-electron chi connectivity index (χ0n) is 5.87. The van der Waals surface area contributed by atoms with E-state index in [0.29, 0.717) is 6.42 Å². The zero-order chi connectivity index (χ0) is 7.40. The van der Waals surface area contributed by atoms with E-state index in [1.54, 1.807) is 6.08 Å². The van der Waals surface area contributed by atoms with Crippen molar-refractivity contribution in [3.05, 3.63) is 12.2 Å². The van der Waals surface area contributed by atoms with Crippen LogP contribution in [-0.2, 0) is 8.98 Å². The minimum atomic E-state index is -0.0946. The molecule has 0 saturated carbocycles. The van der Waals surface area contributed by atoms with Crippen molar-refractivity contribution in [2.45, 2.75) is 12.5 Å². The summed E-state index contributed by atoms with van der Waals surface area (Å²) in [6, 6.07) is 0. The molecule has 0 fully saturated rings. The maximum Gasteiger partial charge on any atom is 0.158 e. The lowest BCUT2D eigenvalue weighted by Gasteiger charge is -2.02. The molecule has 0 bridgehead atoms. The highest BCUT2D eigenvalue weighted by molar-refractivity contribution is 7.93. The van der Waals surface area contributed by atoms with Crippen molar-refractivity contribution in [3.63, 3.8) is 0 Å². The summed E-state index contributed by atoms with van der Waals surface area (Å²) in [6.45, 7) is 0. The summed E-state index contributed by atoms with van der Waals surface area (Å²) in [7, 11) is 0. The summed E-state index contributed by atoms with van der Waals surface area (Å²) < 4.78 is 11.8. The van der Waals surface area contributed by atoms with Crippen molar-refractivity contribution >= 4 is 17.8 Å². The third kappa shape index (κ3) is 1.84. The fourth-order valence-electron chi connectivity index (χ4n) is 0.703. The SMILES string of the molecule is [3H]CSO[C@H]1C=CC(=O)C1. The molecular formula is C6H8O2S. The van der Waals surface area contributed by atoms with E-state index in [9.17, 15) is 4.79 Å². The van der Waals surface area contributed by atoms with Gasteiger partial charge in [0.15, 0.2) is 5.78 Å². The molecule has 2 nitrogen and oxygen atoms in total. The summed E-state index contributed by atoms with van der Waals surface area (Å²) >= 11 is 1.07. The average Bonchev–Trinajstić information content (AvgIpc) is 2.31. The summed E-state index contributed by atoms with van der Waals surface area (Å²) in [5.41, 5.74) is 0. The second kappa shape index (κ2) is 3.03. The molecule has 0 spiro atoms. The van der Waals surface area contributed by atoms with Crippen LogP contribution < -0.4 is 0 Å². The molecule has 9 heavy (non-hydrogen) atoms. The first-order chi connectivity index (χ1) is 4.83. The third-order valence-corrected chi connectivity index (χ3v) is 1.47. The molecule has 1 aliphatic rings. The van der Waals surface area contributed by atoms with Gasteiger partial charge >= 0.3 is 0 Å². The van der Waals surface area contributed by atoms with Crippen LogP contribution in [0, 0.1) is 0 Å². The number of hydrogen-bond acceptors (Lipinski definition) is 3. The quantitative estimate of drug-likeness (QED) is 0.547. The number of ketones is 1. The van der Waals surface area contributed by atoms with E-state index >= 15 is 0 Å². The Morgan fingerprint density at radius 3 is 3.56 bits per heavy atom. The van der Waals surface area contributed by atoms with Crippen LogP contribution in [0.4, 0.5) is 0 Å². The second-order valence-corrected chi connectivity index (χ2v) is 2.21. The Kier molecular flexibility index (Phi) is 1.85. The smallest absolute Gasteiger partial charge is 0.158 e. The zero-order valence-corrected chi connectivity index (χ0v) is 5.69. The van der Waals surface area contributed by atoms with E-state index < -0.39 is 0 Å². The number of allylic oxidation sites excluding steroid dienone is 1. The van der Waals surface area contributed by atoms with Gasteiger partial charge in [-0.05, 0) is 18.1 Å². The van der Waals surface area contributed by atoms with Gasteiger partial charge in [0.05, 0.1) is 6.10 Å². The van der Waals surface area contributed by atoms with Gasteiger partial charge in [0, 0.05) is 14.0 Å². The monoisotopic (exact) mass is 146 g/mol. The maximum absolute atomic E-state index is 10.6. The molecule has 0 amide bonds. The van der Waals surface area contributed by atoms with Crippen LogP contribution in [0.3, 0.4) is 0 Å². The first-order valence-electron chi connectivity index (χ1n) is 3.32. The maximum atomic E-state index is 10.6. The summed E-state index contributed by atoms with van der Waals surface area (Å²) in [5.74, 6) is 0.107. The summed E-state index contributed by atoms with van der Waals surface area (Å²) in [6.07, 6.45) is 3.77. The highest BCUT2D eigenvalue weighted by Gasteiger charge is 2.15. The molecule has 0 unspecified atom stereocenters. The number of carbonyl (C=O) groups is 1. The van der Waals surface area contributed by atoms with Gasteiger partial charge in [0.2, 0.25) is 0 Å². The molecule has 0 aromatic heterocycles. The van der Waals surface area contributed by atoms with Crippen LogP contribution in [0.5, 0.6) is 0 Å². The highest BCUT2D eigenvalue weighted by atomic mass is 32.2. The Hall–Kier alpha value is -0.280. The molecule has 50 valence electrons. The topological polar surface area (TPSA) is 26.3 Å². The lowest BCUT2D eigenvalue weighted by Crippen LogP contribution is -2.02. The van der Waals surface area contributed by atoms with Crippen molar-refractivity contribution in [2.75, 3.05) is 6.23 Å². The van der Waals surface area contributed by atoms with Gasteiger partial charge in [0.1, 0.15) is 0 Å². The number of hydrogen-bond donors (Lipinski definition) is 0. The average molecular weight is 146 g/mol. The number of carbonyl (C=O) groups excluding carboxylic acids is 1. The van der Waals surface area contributed by atoms with E-state index in [4.69, 9.17) is 5.55 Å². The van der Waals surface area contributed by atoms with Gasteiger partial charge < -0.3 is 4.18 Å². The van der Waals surface area contributed by atoms with Crippen molar-refractivity contribution in [3.8, 4) is 0 Å². The Labute approximate surface area is 59.9 Å². The van der Waals surface area contributed by atoms with Crippen LogP contribution in [0.15, 0.2) is 12.2 Å². The minimum Gasteiger partial charge on any atom is -0.308 e. The predicted octanol–water partition coefficient (Wildman–Crippen LogP) is 1.18. The molecule has 0 aliphatic heterocycles. The van der Waals surface area contributed by atoms with E-state index in [-0.39, 0.29) is 18.1 Å². The van der Waals surface area contributed by atoms with Crippen LogP contribution in [0.1, 0.15) is 7.79 Å². The highest BCUT2D eigenvalue weighted by Crippen LogP contribution is 2.14. The lowest BCUT2D eigenvalue weighted by atomic mass is 10.3. The fraction of sp³-hybridized carbons (Fsp3) is 0.500. The molecule has 1 rings (SSSR count). The van der Waals surface area contributed by atoms with Crippen molar-refractivity contribution < 1.29 is 10.3 Å². The van der Waals surface area contributed by atoms with Gasteiger partial charge in [-0.15, -0.1) is 0 Å². The minimum absolute atomic E-state index is 0.0946. The van der Waals surface area contributed by atoms with Crippen molar-refractivity contribution in [1.29, 1.82) is 0 Å². The van der Waals surface area contributed by atoms with E-state index in [1.165, 1.54) is 6.08 Å². The third-order valence-electron chi connectivity index (χ3n) is 1.09. The Morgan fingerprint density at radius 2 is 3.00 bits per heavy atom. The van der Waals surface area contributed by atoms with Crippen LogP contribution in [0.2, 0.25) is 0 Å². The second-order valence-electron chi connectivity index (χ2n) is 1.78. The molecule has 1 aliphatic carbocycles. The van der Waals surface area contributed by atoms with Gasteiger partial charge in [-0.1, -0.05) is 6.08 Å². The fourth-order valence-corrected chi connectivity index (χ4v) is 1.01. The summed E-state index contributed by atoms with van der Waals surface area (Å²) in [5, 5.41) is 0. The van der Waals surface area contributed by atoms with Crippen LogP contribution in [0.25, 0.3) is 0 Å². The van der Waals surface area contributed by atoms with Crippen LogP contribution in [-0.4, -0.2) is 18.1 Å². The molecule has 0 aromatic carbocycles. The molecule has 1 atom stereocenters. The predicted molar refractivity (Wildman–Crippen MR) is 37.2 cm³/mol. The molecule has 0 radical (unpaired) electrons. The molecule has 0 saturated heterocycles. The Bertz CT molecular complexity index is 158. The molecule has 3 heteroatoms. The Balaban J connectivity index is 2.20.